The van der Waals surface area contributed by atoms with E-state index < -0.39 is 17.8 Å². The zero-order chi connectivity index (χ0) is 35.1. The van der Waals surface area contributed by atoms with Gasteiger partial charge in [0.15, 0.2) is 0 Å². The Bertz CT molecular complexity index is 2120. The third kappa shape index (κ3) is 6.46. The van der Waals surface area contributed by atoms with Crippen molar-refractivity contribution >= 4 is 62.8 Å². The van der Waals surface area contributed by atoms with Crippen LogP contribution in [-0.4, -0.2) is 30.9 Å². The van der Waals surface area contributed by atoms with Gasteiger partial charge in [-0.15, -0.1) is 0 Å². The first-order valence-corrected chi connectivity index (χ1v) is 18.1. The maximum atomic E-state index is 14.4. The van der Waals surface area contributed by atoms with E-state index in [0.29, 0.717) is 22.0 Å². The molecule has 0 bridgehead atoms. The number of amides is 4. The molecule has 0 aliphatic carbocycles. The van der Waals surface area contributed by atoms with Crippen LogP contribution >= 0.6 is 27.5 Å². The molecule has 3 aliphatic rings. The number of nitrogens with one attached hydrogen (secondary N) is 1. The highest BCUT2D eigenvalue weighted by Gasteiger charge is 2.40. The van der Waals surface area contributed by atoms with Crippen molar-refractivity contribution in [3.63, 3.8) is 0 Å². The fourth-order valence-electron chi connectivity index (χ4n) is 7.52. The minimum absolute atomic E-state index is 0.0762. The van der Waals surface area contributed by atoms with Crippen LogP contribution in [0, 0.1) is 0 Å². The number of carbonyl (C=O) groups is 3. The van der Waals surface area contributed by atoms with E-state index >= 15 is 0 Å². The number of rotatable bonds is 7. The molecule has 51 heavy (non-hydrogen) atoms. The Kier molecular flexibility index (Phi) is 8.96. The zero-order valence-corrected chi connectivity index (χ0v) is 29.9. The van der Waals surface area contributed by atoms with Crippen molar-refractivity contribution in [3.05, 3.63) is 164 Å². The molecular formula is C42H33BrClN3O4. The third-order valence-electron chi connectivity index (χ3n) is 9.94. The van der Waals surface area contributed by atoms with Crippen LogP contribution in [-0.2, 0) is 16.2 Å². The molecule has 4 amide bonds. The molecule has 0 aromatic heterocycles. The van der Waals surface area contributed by atoms with Crippen LogP contribution in [0.2, 0.25) is 5.02 Å². The van der Waals surface area contributed by atoms with Crippen LogP contribution in [0.5, 0.6) is 5.75 Å². The molecule has 0 saturated carbocycles. The minimum atomic E-state index is -0.779. The topological polar surface area (TPSA) is 79.0 Å². The average molecular weight is 759 g/mol. The standard InChI is InChI=1S/C42H33BrClN3O4/c43-30-13-16-38(51-25-26-11-14-31(44)15-12-26)29(21-30)22-37-40(48)45-42(50)47(41(37)49)32-23-35-33(27-7-3-1-4-8-27)17-19-46-20-18-34(36(24-32)39(35)46)28-9-5-2-6-10-28/h1-16,21-24,33-34H,17-20,25H2,(H,45,48,50)/b37-22+/t33-,34-/m1/s1. The molecule has 254 valence electrons. The lowest BCUT2D eigenvalue weighted by Crippen LogP contribution is -2.54. The maximum Gasteiger partial charge on any atom is 0.335 e. The summed E-state index contributed by atoms with van der Waals surface area (Å²) in [6.07, 6.45) is 3.30. The smallest absolute Gasteiger partial charge is 0.335 e. The van der Waals surface area contributed by atoms with E-state index in [4.69, 9.17) is 16.3 Å². The van der Waals surface area contributed by atoms with Gasteiger partial charge < -0.3 is 9.64 Å². The Morgan fingerprint density at radius 2 is 1.39 bits per heavy atom. The summed E-state index contributed by atoms with van der Waals surface area (Å²) in [6.45, 7) is 2.08. The Hall–Kier alpha value is -5.18. The number of imide groups is 2. The van der Waals surface area contributed by atoms with Gasteiger partial charge in [0.25, 0.3) is 11.8 Å². The van der Waals surface area contributed by atoms with Gasteiger partial charge in [0.05, 0.1) is 5.69 Å². The molecule has 5 aromatic carbocycles. The van der Waals surface area contributed by atoms with Gasteiger partial charge in [-0.1, -0.05) is 100 Å². The van der Waals surface area contributed by atoms with Crippen LogP contribution in [0.15, 0.2) is 125 Å². The summed E-state index contributed by atoms with van der Waals surface area (Å²) in [5.41, 5.74) is 7.38. The molecule has 8 rings (SSSR count). The van der Waals surface area contributed by atoms with Gasteiger partial charge in [-0.3, -0.25) is 14.9 Å². The molecule has 3 heterocycles. The van der Waals surface area contributed by atoms with Gasteiger partial charge in [-0.2, -0.15) is 0 Å². The number of barbiturate groups is 1. The van der Waals surface area contributed by atoms with Crippen LogP contribution in [0.3, 0.4) is 0 Å². The largest absolute Gasteiger partial charge is 0.488 e. The predicted molar refractivity (Wildman–Crippen MR) is 203 cm³/mol. The second-order valence-corrected chi connectivity index (χ2v) is 14.4. The lowest BCUT2D eigenvalue weighted by atomic mass is 9.76. The van der Waals surface area contributed by atoms with Crippen LogP contribution < -0.4 is 19.9 Å². The van der Waals surface area contributed by atoms with E-state index in [-0.39, 0.29) is 24.0 Å². The zero-order valence-electron chi connectivity index (χ0n) is 27.5. The van der Waals surface area contributed by atoms with Gasteiger partial charge in [-0.05, 0) is 89.2 Å². The number of halogens is 2. The Balaban J connectivity index is 1.21. The Morgan fingerprint density at radius 1 is 0.784 bits per heavy atom. The normalized spacial score (nSPS) is 19.2. The van der Waals surface area contributed by atoms with E-state index in [2.05, 4.69) is 50.4 Å². The van der Waals surface area contributed by atoms with Crippen molar-refractivity contribution in [1.29, 1.82) is 0 Å². The molecule has 5 aromatic rings. The third-order valence-corrected chi connectivity index (χ3v) is 10.7. The number of hydrogen-bond donors (Lipinski definition) is 1. The molecule has 7 nitrogen and oxygen atoms in total. The molecule has 0 radical (unpaired) electrons. The quantitative estimate of drug-likeness (QED) is 0.132. The van der Waals surface area contributed by atoms with Crippen molar-refractivity contribution < 1.29 is 19.1 Å². The summed E-state index contributed by atoms with van der Waals surface area (Å²) in [4.78, 5) is 45.0. The number of anilines is 2. The van der Waals surface area contributed by atoms with Gasteiger partial charge in [-0.25, -0.2) is 9.69 Å². The molecule has 1 N–H and O–H groups in total. The first kappa shape index (κ1) is 33.0. The summed E-state index contributed by atoms with van der Waals surface area (Å²) in [7, 11) is 0. The molecule has 0 unspecified atom stereocenters. The first-order chi connectivity index (χ1) is 24.8. The van der Waals surface area contributed by atoms with Gasteiger partial charge >= 0.3 is 6.03 Å². The lowest BCUT2D eigenvalue weighted by molar-refractivity contribution is -0.122. The van der Waals surface area contributed by atoms with Gasteiger partial charge in [0.2, 0.25) is 0 Å². The lowest BCUT2D eigenvalue weighted by Gasteiger charge is -2.44. The number of benzene rings is 5. The molecule has 1 saturated heterocycles. The monoisotopic (exact) mass is 757 g/mol. The number of nitrogens with zero attached hydrogens (tertiary/aromatic N) is 2. The highest BCUT2D eigenvalue weighted by Crippen LogP contribution is 2.50. The van der Waals surface area contributed by atoms with Gasteiger partial charge in [0, 0.05) is 45.7 Å². The second kappa shape index (κ2) is 13.9. The van der Waals surface area contributed by atoms with E-state index in [0.717, 1.165) is 52.0 Å². The number of carbonyl (C=O) groups excluding carboxylic acids is 3. The predicted octanol–water partition coefficient (Wildman–Crippen LogP) is 9.23. The SMILES string of the molecule is O=C1NC(=O)N(c2cc3c4c(c2)[C@@H](c2ccccc2)CCN4CC[C@@H]3c2ccccc2)C(=O)/C1=C/c1cc(Br)ccc1OCc1ccc(Cl)cc1. The average Bonchev–Trinajstić information content (AvgIpc) is 3.14. The van der Waals surface area contributed by atoms with Crippen molar-refractivity contribution in [3.8, 4) is 5.75 Å². The molecule has 3 aliphatic heterocycles. The summed E-state index contributed by atoms with van der Waals surface area (Å²) < 4.78 is 6.88. The second-order valence-electron chi connectivity index (χ2n) is 13.0. The summed E-state index contributed by atoms with van der Waals surface area (Å²) in [5.74, 6) is -0.839. The first-order valence-electron chi connectivity index (χ1n) is 16.9. The number of ether oxygens (including phenoxy) is 1. The highest BCUT2D eigenvalue weighted by molar-refractivity contribution is 9.10. The summed E-state index contributed by atoms with van der Waals surface area (Å²) in [5, 5.41) is 3.06. The fraction of sp³-hybridized carbons (Fsp3) is 0.167. The van der Waals surface area contributed by atoms with E-state index in [1.807, 2.05) is 66.7 Å². The van der Waals surface area contributed by atoms with Crippen LogP contribution in [0.1, 0.15) is 58.1 Å². The van der Waals surface area contributed by atoms with Crippen molar-refractivity contribution in [2.45, 2.75) is 31.3 Å². The van der Waals surface area contributed by atoms with E-state index in [1.165, 1.54) is 22.9 Å². The highest BCUT2D eigenvalue weighted by atomic mass is 79.9. The van der Waals surface area contributed by atoms with Crippen LogP contribution in [0.25, 0.3) is 6.08 Å². The summed E-state index contributed by atoms with van der Waals surface area (Å²) in [6, 6.07) is 36.6. The fourth-order valence-corrected chi connectivity index (χ4v) is 8.03. The molecule has 2 atom stereocenters. The molecule has 0 spiro atoms. The molecule has 1 fully saturated rings. The summed E-state index contributed by atoms with van der Waals surface area (Å²) >= 11 is 9.56. The van der Waals surface area contributed by atoms with E-state index in [1.54, 1.807) is 24.3 Å². The molecular weight excluding hydrogens is 726 g/mol. The minimum Gasteiger partial charge on any atom is -0.488 e. The molecule has 9 heteroatoms. The van der Waals surface area contributed by atoms with Crippen molar-refractivity contribution in [1.82, 2.24) is 5.32 Å². The van der Waals surface area contributed by atoms with Crippen LogP contribution in [0.4, 0.5) is 16.2 Å². The Labute approximate surface area is 309 Å². The van der Waals surface area contributed by atoms with Gasteiger partial charge in [0.1, 0.15) is 17.9 Å². The van der Waals surface area contributed by atoms with E-state index in [9.17, 15) is 14.4 Å². The van der Waals surface area contributed by atoms with Crippen molar-refractivity contribution in [2.24, 2.45) is 0 Å². The number of hydrogen-bond acceptors (Lipinski definition) is 5. The Morgan fingerprint density at radius 3 is 2.00 bits per heavy atom. The van der Waals surface area contributed by atoms with Crippen molar-refractivity contribution in [2.75, 3.05) is 22.9 Å². The maximum absolute atomic E-state index is 14.4. The number of urea groups is 1.